The summed E-state index contributed by atoms with van der Waals surface area (Å²) in [7, 11) is 1.73. The quantitative estimate of drug-likeness (QED) is 0.587. The zero-order valence-electron chi connectivity index (χ0n) is 11.9. The van der Waals surface area contributed by atoms with Crippen LogP contribution >= 0.6 is 10.7 Å². The predicted octanol–water partition coefficient (Wildman–Crippen LogP) is 4.11. The number of aryl methyl sites for hydroxylation is 1. The third-order valence-electron chi connectivity index (χ3n) is 3.24. The summed E-state index contributed by atoms with van der Waals surface area (Å²) in [5.41, 5.74) is 2.31. The average molecular weight is 305 g/mol. The minimum absolute atomic E-state index is 0.171. The van der Waals surface area contributed by atoms with E-state index in [0.29, 0.717) is 12.2 Å². The largest absolute Gasteiger partial charge is 0.493 e. The molecule has 0 unspecified atom stereocenters. The van der Waals surface area contributed by atoms with Crippen LogP contribution in [0.15, 0.2) is 11.0 Å². The third-order valence-corrected chi connectivity index (χ3v) is 4.68. The first-order valence-electron chi connectivity index (χ1n) is 6.47. The summed E-state index contributed by atoms with van der Waals surface area (Å²) in [6.45, 7) is 8.25. The summed E-state index contributed by atoms with van der Waals surface area (Å²) in [6, 6.07) is 1.58. The lowest BCUT2D eigenvalue weighted by molar-refractivity contribution is 0.302. The Kier molecular flexibility index (Phi) is 5.68. The molecular weight excluding hydrogens is 284 g/mol. The number of ether oxygens (including phenoxy) is 1. The number of hydrogen-bond donors (Lipinski definition) is 0. The molecule has 0 bridgehead atoms. The minimum Gasteiger partial charge on any atom is -0.493 e. The number of benzene rings is 1. The molecule has 0 amide bonds. The molecular formula is C14H21ClO3S. The molecule has 0 radical (unpaired) electrons. The van der Waals surface area contributed by atoms with Crippen molar-refractivity contribution in [2.45, 2.75) is 51.9 Å². The fourth-order valence-corrected chi connectivity index (χ4v) is 3.34. The summed E-state index contributed by atoms with van der Waals surface area (Å²) in [4.78, 5) is 0.171. The Hall–Kier alpha value is -0.740. The van der Waals surface area contributed by atoms with E-state index in [9.17, 15) is 8.42 Å². The van der Waals surface area contributed by atoms with Crippen LogP contribution in [-0.4, -0.2) is 15.0 Å². The second-order valence-corrected chi connectivity index (χ2v) is 7.30. The summed E-state index contributed by atoms with van der Waals surface area (Å²) >= 11 is 0. The summed E-state index contributed by atoms with van der Waals surface area (Å²) in [5, 5.41) is 0. The maximum atomic E-state index is 11.5. The van der Waals surface area contributed by atoms with Crippen LogP contribution in [0.4, 0.5) is 0 Å². The van der Waals surface area contributed by atoms with Gasteiger partial charge in [-0.3, -0.25) is 0 Å². The van der Waals surface area contributed by atoms with E-state index >= 15 is 0 Å². The van der Waals surface area contributed by atoms with E-state index in [0.717, 1.165) is 36.1 Å². The fraction of sp³-hybridized carbons (Fsp3) is 0.571. The van der Waals surface area contributed by atoms with Gasteiger partial charge in [0.15, 0.2) is 0 Å². The highest BCUT2D eigenvalue weighted by molar-refractivity contribution is 8.13. The molecule has 0 N–H and O–H groups in total. The molecule has 1 aromatic rings. The van der Waals surface area contributed by atoms with E-state index in [1.54, 1.807) is 13.0 Å². The summed E-state index contributed by atoms with van der Waals surface area (Å²) in [5.74, 6) is 0.776. The molecule has 0 spiro atoms. The Morgan fingerprint density at radius 2 is 1.79 bits per heavy atom. The lowest BCUT2D eigenvalue weighted by Gasteiger charge is -2.16. The van der Waals surface area contributed by atoms with E-state index < -0.39 is 9.05 Å². The summed E-state index contributed by atoms with van der Waals surface area (Å²) in [6.07, 6.45) is 3.28. The second kappa shape index (κ2) is 6.62. The van der Waals surface area contributed by atoms with Crippen LogP contribution < -0.4 is 4.74 Å². The molecule has 0 aliphatic rings. The molecule has 0 fully saturated rings. The van der Waals surface area contributed by atoms with Crippen molar-refractivity contribution in [3.05, 3.63) is 22.8 Å². The van der Waals surface area contributed by atoms with Crippen LogP contribution in [0.1, 0.15) is 42.9 Å². The Balaban J connectivity index is 3.06. The number of unbranched alkanes of at least 4 members (excludes halogenated alkanes) is 2. The van der Waals surface area contributed by atoms with Gasteiger partial charge < -0.3 is 4.74 Å². The van der Waals surface area contributed by atoms with Crippen molar-refractivity contribution < 1.29 is 13.2 Å². The van der Waals surface area contributed by atoms with Crippen molar-refractivity contribution in [1.82, 2.24) is 0 Å². The first-order valence-corrected chi connectivity index (χ1v) is 8.78. The van der Waals surface area contributed by atoms with Gasteiger partial charge in [0, 0.05) is 10.7 Å². The van der Waals surface area contributed by atoms with Gasteiger partial charge in [-0.25, -0.2) is 8.42 Å². The Morgan fingerprint density at radius 1 is 1.16 bits per heavy atom. The minimum atomic E-state index is -3.71. The lowest BCUT2D eigenvalue weighted by Crippen LogP contribution is -2.05. The monoisotopic (exact) mass is 304 g/mol. The van der Waals surface area contributed by atoms with Crippen LogP contribution in [-0.2, 0) is 9.05 Å². The molecule has 0 heterocycles. The average Bonchev–Trinajstić information content (AvgIpc) is 2.31. The molecule has 1 aromatic carbocycles. The molecule has 0 aliphatic heterocycles. The molecule has 0 aliphatic carbocycles. The topological polar surface area (TPSA) is 43.4 Å². The SMILES string of the molecule is CCCCCOc1c(C)cc(S(=O)(=O)Cl)c(C)c1C. The molecule has 0 atom stereocenters. The van der Waals surface area contributed by atoms with Gasteiger partial charge in [0.1, 0.15) is 5.75 Å². The third kappa shape index (κ3) is 4.11. The molecule has 3 nitrogen and oxygen atoms in total. The van der Waals surface area contributed by atoms with Crippen molar-refractivity contribution >= 4 is 19.7 Å². The smallest absolute Gasteiger partial charge is 0.261 e. The van der Waals surface area contributed by atoms with Crippen molar-refractivity contribution in [1.29, 1.82) is 0 Å². The molecule has 108 valence electrons. The number of hydrogen-bond acceptors (Lipinski definition) is 3. The maximum absolute atomic E-state index is 11.5. The first-order chi connectivity index (χ1) is 8.79. The fourth-order valence-electron chi connectivity index (χ4n) is 2.02. The van der Waals surface area contributed by atoms with Gasteiger partial charge in [0.2, 0.25) is 0 Å². The van der Waals surface area contributed by atoms with E-state index in [-0.39, 0.29) is 4.90 Å². The van der Waals surface area contributed by atoms with Crippen LogP contribution in [0.25, 0.3) is 0 Å². The van der Waals surface area contributed by atoms with Gasteiger partial charge >= 0.3 is 0 Å². The van der Waals surface area contributed by atoms with Crippen LogP contribution in [0.2, 0.25) is 0 Å². The van der Waals surface area contributed by atoms with Crippen LogP contribution in [0.5, 0.6) is 5.75 Å². The van der Waals surface area contributed by atoms with Gasteiger partial charge in [0.05, 0.1) is 11.5 Å². The van der Waals surface area contributed by atoms with Crippen molar-refractivity contribution in [3.8, 4) is 5.75 Å². The standard InChI is InChI=1S/C14H21ClO3S/c1-5-6-7-8-18-14-10(2)9-13(19(15,16)17)11(3)12(14)4/h9H,5-8H2,1-4H3. The van der Waals surface area contributed by atoms with Crippen LogP contribution in [0.3, 0.4) is 0 Å². The molecule has 0 saturated heterocycles. The molecule has 0 saturated carbocycles. The first kappa shape index (κ1) is 16.3. The second-order valence-electron chi connectivity index (χ2n) is 4.76. The van der Waals surface area contributed by atoms with E-state index in [1.807, 2.05) is 13.8 Å². The van der Waals surface area contributed by atoms with Gasteiger partial charge in [-0.05, 0) is 49.9 Å². The molecule has 1 rings (SSSR count). The number of rotatable bonds is 6. The van der Waals surface area contributed by atoms with E-state index in [2.05, 4.69) is 6.92 Å². The Labute approximate surface area is 120 Å². The van der Waals surface area contributed by atoms with E-state index in [4.69, 9.17) is 15.4 Å². The molecule has 5 heteroatoms. The highest BCUT2D eigenvalue weighted by Crippen LogP contribution is 2.32. The highest BCUT2D eigenvalue weighted by atomic mass is 35.7. The van der Waals surface area contributed by atoms with Crippen molar-refractivity contribution in [3.63, 3.8) is 0 Å². The Bertz CT molecular complexity index is 550. The van der Waals surface area contributed by atoms with E-state index in [1.165, 1.54) is 0 Å². The number of halogens is 1. The molecule has 0 aromatic heterocycles. The van der Waals surface area contributed by atoms with Gasteiger partial charge in [-0.2, -0.15) is 0 Å². The Morgan fingerprint density at radius 3 is 2.32 bits per heavy atom. The van der Waals surface area contributed by atoms with Crippen molar-refractivity contribution in [2.75, 3.05) is 6.61 Å². The van der Waals surface area contributed by atoms with Gasteiger partial charge in [-0.1, -0.05) is 19.8 Å². The highest BCUT2D eigenvalue weighted by Gasteiger charge is 2.19. The summed E-state index contributed by atoms with van der Waals surface area (Å²) < 4.78 is 28.8. The van der Waals surface area contributed by atoms with Crippen LogP contribution in [0, 0.1) is 20.8 Å². The van der Waals surface area contributed by atoms with Gasteiger partial charge in [0.25, 0.3) is 9.05 Å². The molecule has 19 heavy (non-hydrogen) atoms. The zero-order chi connectivity index (χ0) is 14.6. The lowest BCUT2D eigenvalue weighted by atomic mass is 10.1. The zero-order valence-corrected chi connectivity index (χ0v) is 13.5. The normalized spacial score (nSPS) is 11.6. The predicted molar refractivity (Wildman–Crippen MR) is 78.7 cm³/mol. The maximum Gasteiger partial charge on any atom is 0.261 e. The van der Waals surface area contributed by atoms with Gasteiger partial charge in [-0.15, -0.1) is 0 Å². The van der Waals surface area contributed by atoms with Crippen molar-refractivity contribution in [2.24, 2.45) is 0 Å².